The number of benzene rings is 3. The lowest BCUT2D eigenvalue weighted by atomic mass is 10.2. The molecule has 3 aromatic rings. The van der Waals surface area contributed by atoms with Gasteiger partial charge in [0.05, 0.1) is 30.5 Å². The molecule has 0 saturated carbocycles. The third-order valence-corrected chi connectivity index (χ3v) is 8.36. The van der Waals surface area contributed by atoms with Gasteiger partial charge < -0.3 is 24.0 Å². The minimum Gasteiger partial charge on any atom is -0.497 e. The summed E-state index contributed by atoms with van der Waals surface area (Å²) in [6.45, 7) is 3.76. The smallest absolute Gasteiger partial charge is 0.264 e. The molecule has 4 rings (SSSR count). The summed E-state index contributed by atoms with van der Waals surface area (Å²) in [4.78, 5) is 16.9. The highest BCUT2D eigenvalue weighted by Crippen LogP contribution is 2.34. The predicted octanol–water partition coefficient (Wildman–Crippen LogP) is 3.65. The maximum absolute atomic E-state index is 13.5. The van der Waals surface area contributed by atoms with Gasteiger partial charge in [-0.25, -0.2) is 8.42 Å². The largest absolute Gasteiger partial charge is 0.497 e. The van der Waals surface area contributed by atoms with E-state index in [-0.39, 0.29) is 10.8 Å². The van der Waals surface area contributed by atoms with Crippen molar-refractivity contribution in [2.75, 3.05) is 56.7 Å². The third kappa shape index (κ3) is 5.80. The fraction of sp³-hybridized carbons (Fsp3) is 0.321. The van der Waals surface area contributed by atoms with Crippen LogP contribution in [0.15, 0.2) is 77.7 Å². The Bertz CT molecular complexity index is 1340. The Kier molecular flexibility index (Phi) is 8.31. The summed E-state index contributed by atoms with van der Waals surface area (Å²) >= 11 is 0. The summed E-state index contributed by atoms with van der Waals surface area (Å²) in [7, 11) is 0.797. The highest BCUT2D eigenvalue weighted by molar-refractivity contribution is 7.92. The van der Waals surface area contributed by atoms with Crippen LogP contribution in [0, 0.1) is 0 Å². The van der Waals surface area contributed by atoms with Crippen LogP contribution < -0.4 is 23.4 Å². The fourth-order valence-electron chi connectivity index (χ4n) is 4.34. The quantitative estimate of drug-likeness (QED) is 0.410. The Morgan fingerprint density at radius 2 is 1.53 bits per heavy atom. The van der Waals surface area contributed by atoms with Gasteiger partial charge in [-0.2, -0.15) is 0 Å². The molecule has 0 spiro atoms. The van der Waals surface area contributed by atoms with Crippen molar-refractivity contribution in [1.82, 2.24) is 4.90 Å². The van der Waals surface area contributed by atoms with Crippen molar-refractivity contribution >= 4 is 27.3 Å². The molecule has 1 atom stereocenters. The lowest BCUT2D eigenvalue weighted by molar-refractivity contribution is -0.138. The number of rotatable bonds is 9. The first-order valence-corrected chi connectivity index (χ1v) is 13.7. The molecule has 1 fully saturated rings. The van der Waals surface area contributed by atoms with Crippen LogP contribution in [-0.4, -0.2) is 72.8 Å². The predicted molar refractivity (Wildman–Crippen MR) is 147 cm³/mol. The second-order valence-corrected chi connectivity index (χ2v) is 10.9. The number of anilines is 2. The van der Waals surface area contributed by atoms with Crippen molar-refractivity contribution in [1.29, 1.82) is 0 Å². The molecule has 1 amide bonds. The van der Waals surface area contributed by atoms with Crippen LogP contribution in [-0.2, 0) is 14.8 Å². The van der Waals surface area contributed by atoms with Gasteiger partial charge >= 0.3 is 0 Å². The lowest BCUT2D eigenvalue weighted by Crippen LogP contribution is -2.52. The maximum Gasteiger partial charge on any atom is 0.264 e. The zero-order valence-electron chi connectivity index (χ0n) is 22.0. The van der Waals surface area contributed by atoms with E-state index in [1.807, 2.05) is 35.2 Å². The Hall–Kier alpha value is -3.92. The molecule has 9 nitrogen and oxygen atoms in total. The van der Waals surface area contributed by atoms with Crippen LogP contribution in [0.5, 0.6) is 17.2 Å². The number of para-hydroxylation sites is 1. The van der Waals surface area contributed by atoms with Crippen LogP contribution in [0.25, 0.3) is 0 Å². The van der Waals surface area contributed by atoms with Gasteiger partial charge in [-0.15, -0.1) is 0 Å². The van der Waals surface area contributed by atoms with Gasteiger partial charge in [0.2, 0.25) is 0 Å². The van der Waals surface area contributed by atoms with Crippen molar-refractivity contribution in [2.45, 2.75) is 17.9 Å². The first-order chi connectivity index (χ1) is 18.2. The zero-order valence-corrected chi connectivity index (χ0v) is 22.8. The summed E-state index contributed by atoms with van der Waals surface area (Å²) in [5, 5.41) is 0. The molecular formula is C28H33N3O6S. The number of ether oxygens (including phenoxy) is 3. The average Bonchev–Trinajstić information content (AvgIpc) is 2.96. The average molecular weight is 540 g/mol. The van der Waals surface area contributed by atoms with E-state index in [2.05, 4.69) is 0 Å². The number of hydrogen-bond acceptors (Lipinski definition) is 7. The van der Waals surface area contributed by atoms with Crippen LogP contribution in [0.1, 0.15) is 6.92 Å². The number of amides is 1. The summed E-state index contributed by atoms with van der Waals surface area (Å²) < 4.78 is 44.7. The number of hydrogen-bond donors (Lipinski definition) is 0. The fourth-order valence-corrected chi connectivity index (χ4v) is 5.56. The Morgan fingerprint density at radius 1 is 0.868 bits per heavy atom. The van der Waals surface area contributed by atoms with Crippen LogP contribution >= 0.6 is 0 Å². The van der Waals surface area contributed by atoms with E-state index < -0.39 is 16.1 Å². The van der Waals surface area contributed by atoms with Crippen LogP contribution in [0.3, 0.4) is 0 Å². The molecular weight excluding hydrogens is 506 g/mol. The van der Waals surface area contributed by atoms with E-state index in [1.165, 1.54) is 11.4 Å². The molecule has 1 heterocycles. The van der Waals surface area contributed by atoms with Gasteiger partial charge in [0.15, 0.2) is 6.10 Å². The van der Waals surface area contributed by atoms with Crippen molar-refractivity contribution in [3.63, 3.8) is 0 Å². The molecule has 0 aliphatic carbocycles. The maximum atomic E-state index is 13.5. The minimum absolute atomic E-state index is 0.0853. The summed E-state index contributed by atoms with van der Waals surface area (Å²) in [6.07, 6.45) is -0.611. The van der Waals surface area contributed by atoms with E-state index in [1.54, 1.807) is 68.5 Å². The molecule has 0 N–H and O–H groups in total. The first kappa shape index (κ1) is 27.1. The van der Waals surface area contributed by atoms with Gasteiger partial charge in [-0.05, 0) is 61.5 Å². The minimum atomic E-state index is -3.83. The number of sulfonamides is 1. The standard InChI is InChI=1S/C28H33N3O6S/c1-21(37-24-8-6-5-7-9-24)28(32)31-18-16-30(17-19-31)26-20-25(14-15-27(26)36-4)38(33,34)29(2)22-10-12-23(35-3)13-11-22/h5-15,20-21H,16-19H2,1-4H3/t21-/m0/s1. The number of piperazine rings is 1. The Morgan fingerprint density at radius 3 is 2.13 bits per heavy atom. The van der Waals surface area contributed by atoms with Crippen LogP contribution in [0.4, 0.5) is 11.4 Å². The first-order valence-electron chi connectivity index (χ1n) is 12.3. The number of nitrogens with zero attached hydrogens (tertiary/aromatic N) is 3. The Labute approximate surface area is 224 Å². The molecule has 3 aromatic carbocycles. The van der Waals surface area contributed by atoms with E-state index in [4.69, 9.17) is 14.2 Å². The number of methoxy groups -OCH3 is 2. The summed E-state index contributed by atoms with van der Waals surface area (Å²) in [5.41, 5.74) is 1.18. The third-order valence-electron chi connectivity index (χ3n) is 6.58. The van der Waals surface area contributed by atoms with Gasteiger partial charge in [-0.3, -0.25) is 9.10 Å². The molecule has 38 heavy (non-hydrogen) atoms. The number of carbonyl (C=O) groups is 1. The monoisotopic (exact) mass is 539 g/mol. The second-order valence-electron chi connectivity index (χ2n) is 8.89. The molecule has 0 unspecified atom stereocenters. The van der Waals surface area contributed by atoms with Gasteiger partial charge in [0, 0.05) is 33.2 Å². The topological polar surface area (TPSA) is 88.6 Å². The van der Waals surface area contributed by atoms with Crippen molar-refractivity contribution in [2.24, 2.45) is 0 Å². The molecule has 0 radical (unpaired) electrons. The summed E-state index contributed by atoms with van der Waals surface area (Å²) in [5.74, 6) is 1.77. The molecule has 1 aliphatic heterocycles. The normalized spacial score (nSPS) is 14.5. The van der Waals surface area contributed by atoms with Crippen molar-refractivity contribution in [3.05, 3.63) is 72.8 Å². The van der Waals surface area contributed by atoms with E-state index in [0.717, 1.165) is 0 Å². The van der Waals surface area contributed by atoms with E-state index in [0.29, 0.717) is 54.8 Å². The molecule has 10 heteroatoms. The van der Waals surface area contributed by atoms with E-state index in [9.17, 15) is 13.2 Å². The lowest BCUT2D eigenvalue weighted by Gasteiger charge is -2.37. The molecule has 1 aliphatic rings. The second kappa shape index (κ2) is 11.6. The van der Waals surface area contributed by atoms with Crippen LogP contribution in [0.2, 0.25) is 0 Å². The van der Waals surface area contributed by atoms with Gasteiger partial charge in [0.1, 0.15) is 17.2 Å². The SMILES string of the molecule is COc1ccc(N(C)S(=O)(=O)c2ccc(OC)c(N3CCN(C(=O)[C@H](C)Oc4ccccc4)CC3)c2)cc1. The summed E-state index contributed by atoms with van der Waals surface area (Å²) in [6, 6.07) is 20.9. The van der Waals surface area contributed by atoms with Gasteiger partial charge in [-0.1, -0.05) is 18.2 Å². The highest BCUT2D eigenvalue weighted by Gasteiger charge is 2.29. The van der Waals surface area contributed by atoms with Crippen molar-refractivity contribution < 1.29 is 27.4 Å². The zero-order chi connectivity index (χ0) is 27.3. The van der Waals surface area contributed by atoms with E-state index >= 15 is 0 Å². The molecule has 0 bridgehead atoms. The number of carbonyl (C=O) groups excluding carboxylic acids is 1. The Balaban J connectivity index is 1.47. The molecule has 202 valence electrons. The molecule has 0 aromatic heterocycles. The highest BCUT2D eigenvalue weighted by atomic mass is 32.2. The molecule has 1 saturated heterocycles. The van der Waals surface area contributed by atoms with Gasteiger partial charge in [0.25, 0.3) is 15.9 Å². The van der Waals surface area contributed by atoms with Crippen molar-refractivity contribution in [3.8, 4) is 17.2 Å².